The highest BCUT2D eigenvalue weighted by Gasteiger charge is 2.16. The Balaban J connectivity index is 2.00. The number of thiazole rings is 1. The van der Waals surface area contributed by atoms with Gasteiger partial charge < -0.3 is 10.4 Å². The minimum Gasteiger partial charge on any atom is -0.480 e. The molecule has 0 aliphatic carbocycles. The molecule has 0 radical (unpaired) electrons. The third-order valence-corrected chi connectivity index (χ3v) is 3.20. The lowest BCUT2D eigenvalue weighted by atomic mass is 10.3. The number of nitrogens with zero attached hydrogens (tertiary/aromatic N) is 4. The maximum atomic E-state index is 11.9. The van der Waals surface area contributed by atoms with Crippen LogP contribution in [0.3, 0.4) is 0 Å². The number of carbonyl (C=O) groups excluding carboxylic acids is 1. The second kappa shape index (κ2) is 5.57. The van der Waals surface area contributed by atoms with Crippen LogP contribution in [-0.4, -0.2) is 37.0 Å². The van der Waals surface area contributed by atoms with E-state index in [-0.39, 0.29) is 18.3 Å². The number of aromatic nitrogens is 4. The van der Waals surface area contributed by atoms with E-state index >= 15 is 0 Å². The predicted molar refractivity (Wildman–Crippen MR) is 65.7 cm³/mol. The highest BCUT2D eigenvalue weighted by molar-refractivity contribution is 7.09. The summed E-state index contributed by atoms with van der Waals surface area (Å²) < 4.78 is 1.09. The van der Waals surface area contributed by atoms with Crippen molar-refractivity contribution in [1.29, 1.82) is 0 Å². The van der Waals surface area contributed by atoms with Gasteiger partial charge in [0.2, 0.25) is 0 Å². The van der Waals surface area contributed by atoms with E-state index in [1.165, 1.54) is 17.5 Å². The maximum Gasteiger partial charge on any atom is 0.325 e. The van der Waals surface area contributed by atoms with Crippen LogP contribution in [0.15, 0.2) is 17.8 Å². The van der Waals surface area contributed by atoms with Gasteiger partial charge in [0.1, 0.15) is 11.6 Å². The number of carboxylic acid groups (broad SMARTS) is 1. The number of hydrogen-bond donors (Lipinski definition) is 2. The van der Waals surface area contributed by atoms with Crippen LogP contribution in [0, 0.1) is 0 Å². The van der Waals surface area contributed by atoms with Crippen LogP contribution in [0.1, 0.15) is 28.5 Å². The number of amides is 1. The Hall–Kier alpha value is -2.29. The zero-order chi connectivity index (χ0) is 13.8. The van der Waals surface area contributed by atoms with Crippen LogP contribution >= 0.6 is 11.3 Å². The van der Waals surface area contributed by atoms with Gasteiger partial charge in [-0.3, -0.25) is 9.59 Å². The van der Waals surface area contributed by atoms with Crippen LogP contribution in [0.4, 0.5) is 0 Å². The van der Waals surface area contributed by atoms with Gasteiger partial charge in [0.25, 0.3) is 5.91 Å². The van der Waals surface area contributed by atoms with Crippen LogP contribution in [0.2, 0.25) is 0 Å². The van der Waals surface area contributed by atoms with E-state index in [4.69, 9.17) is 5.11 Å². The number of rotatable bonds is 5. The van der Waals surface area contributed by atoms with Crippen LogP contribution in [-0.2, 0) is 11.3 Å². The Kier molecular flexibility index (Phi) is 3.85. The van der Waals surface area contributed by atoms with Gasteiger partial charge in [-0.05, 0) is 6.92 Å². The normalized spacial score (nSPS) is 12.1. The van der Waals surface area contributed by atoms with Crippen LogP contribution < -0.4 is 5.32 Å². The second-order valence-electron chi connectivity index (χ2n) is 3.76. The fraction of sp³-hybridized carbons (Fsp3) is 0.300. The molecule has 100 valence electrons. The summed E-state index contributed by atoms with van der Waals surface area (Å²) in [6.45, 7) is 1.47. The Labute approximate surface area is 112 Å². The first-order valence-corrected chi connectivity index (χ1v) is 6.26. The van der Waals surface area contributed by atoms with E-state index < -0.39 is 11.9 Å². The van der Waals surface area contributed by atoms with Gasteiger partial charge in [0, 0.05) is 11.6 Å². The molecule has 2 heterocycles. The molecule has 0 aliphatic heterocycles. The fourth-order valence-electron chi connectivity index (χ4n) is 1.40. The molecule has 19 heavy (non-hydrogen) atoms. The lowest BCUT2D eigenvalue weighted by Gasteiger charge is -2.09. The summed E-state index contributed by atoms with van der Waals surface area (Å²) in [5, 5.41) is 21.1. The smallest absolute Gasteiger partial charge is 0.325 e. The van der Waals surface area contributed by atoms with Crippen LogP contribution in [0.25, 0.3) is 0 Å². The molecule has 2 rings (SSSR count). The van der Waals surface area contributed by atoms with Crippen molar-refractivity contribution in [2.24, 2.45) is 0 Å². The SMILES string of the molecule is CC(NC(=O)c1cn(CC(=O)O)nn1)c1nccs1. The lowest BCUT2D eigenvalue weighted by molar-refractivity contribution is -0.137. The molecule has 0 saturated carbocycles. The van der Waals surface area contributed by atoms with E-state index in [0.29, 0.717) is 0 Å². The molecule has 0 bridgehead atoms. The summed E-state index contributed by atoms with van der Waals surface area (Å²) in [4.78, 5) is 26.4. The number of nitrogens with one attached hydrogen (secondary N) is 1. The Morgan fingerprint density at radius 1 is 1.58 bits per heavy atom. The molecule has 0 aliphatic rings. The number of carboxylic acids is 1. The highest BCUT2D eigenvalue weighted by atomic mass is 32.1. The molecule has 0 aromatic carbocycles. The first-order valence-electron chi connectivity index (χ1n) is 5.38. The minimum atomic E-state index is -1.05. The molecule has 1 unspecified atom stereocenters. The Morgan fingerprint density at radius 3 is 3.00 bits per heavy atom. The molecule has 1 amide bonds. The van der Waals surface area contributed by atoms with E-state index in [1.807, 2.05) is 5.38 Å². The highest BCUT2D eigenvalue weighted by Crippen LogP contribution is 2.14. The quantitative estimate of drug-likeness (QED) is 0.816. The molecule has 0 fully saturated rings. The topological polar surface area (TPSA) is 110 Å². The molecule has 2 aromatic rings. The van der Waals surface area contributed by atoms with Crippen LogP contribution in [0.5, 0.6) is 0 Å². The van der Waals surface area contributed by atoms with Crippen molar-refractivity contribution in [3.05, 3.63) is 28.5 Å². The van der Waals surface area contributed by atoms with Gasteiger partial charge >= 0.3 is 5.97 Å². The van der Waals surface area contributed by atoms with E-state index in [9.17, 15) is 9.59 Å². The molecular weight excluding hydrogens is 270 g/mol. The molecule has 8 nitrogen and oxygen atoms in total. The molecule has 1 atom stereocenters. The Morgan fingerprint density at radius 2 is 2.37 bits per heavy atom. The van der Waals surface area contributed by atoms with Crippen molar-refractivity contribution in [3.8, 4) is 0 Å². The van der Waals surface area contributed by atoms with Gasteiger partial charge in [-0.15, -0.1) is 16.4 Å². The summed E-state index contributed by atoms with van der Waals surface area (Å²) >= 11 is 1.44. The maximum absolute atomic E-state index is 11.9. The third-order valence-electron chi connectivity index (χ3n) is 2.24. The molecular formula is C10H11N5O3S. The molecule has 0 saturated heterocycles. The van der Waals surface area contributed by atoms with Crippen molar-refractivity contribution in [2.75, 3.05) is 0 Å². The van der Waals surface area contributed by atoms with E-state index in [1.54, 1.807) is 13.1 Å². The van der Waals surface area contributed by atoms with Crippen molar-refractivity contribution in [3.63, 3.8) is 0 Å². The number of aliphatic carboxylic acids is 1. The predicted octanol–water partition coefficient (Wildman–Crippen LogP) is 0.310. The van der Waals surface area contributed by atoms with Crippen molar-refractivity contribution in [1.82, 2.24) is 25.3 Å². The largest absolute Gasteiger partial charge is 0.480 e. The minimum absolute atomic E-state index is 0.0738. The molecule has 2 N–H and O–H groups in total. The number of hydrogen-bond acceptors (Lipinski definition) is 6. The monoisotopic (exact) mass is 281 g/mol. The zero-order valence-electron chi connectivity index (χ0n) is 9.98. The van der Waals surface area contributed by atoms with Gasteiger partial charge in [-0.2, -0.15) is 0 Å². The van der Waals surface area contributed by atoms with Crippen molar-refractivity contribution in [2.45, 2.75) is 19.5 Å². The average Bonchev–Trinajstić information content (AvgIpc) is 2.97. The second-order valence-corrected chi connectivity index (χ2v) is 4.69. The fourth-order valence-corrected chi connectivity index (χ4v) is 2.04. The lowest BCUT2D eigenvalue weighted by Crippen LogP contribution is -2.26. The first-order chi connectivity index (χ1) is 9.06. The van der Waals surface area contributed by atoms with Gasteiger partial charge in [0.15, 0.2) is 5.69 Å². The summed E-state index contributed by atoms with van der Waals surface area (Å²) in [7, 11) is 0. The standard InChI is InChI=1S/C10H11N5O3S/c1-6(10-11-2-3-19-10)12-9(18)7-4-15(14-13-7)5-8(16)17/h2-4,6H,5H2,1H3,(H,12,18)(H,16,17). The average molecular weight is 281 g/mol. The molecule has 2 aromatic heterocycles. The summed E-state index contributed by atoms with van der Waals surface area (Å²) in [5.41, 5.74) is 0.0738. The zero-order valence-corrected chi connectivity index (χ0v) is 10.8. The summed E-state index contributed by atoms with van der Waals surface area (Å²) in [6, 6.07) is -0.239. The van der Waals surface area contributed by atoms with E-state index in [0.717, 1.165) is 9.69 Å². The van der Waals surface area contributed by atoms with Gasteiger partial charge in [-0.25, -0.2) is 9.67 Å². The number of carbonyl (C=O) groups is 2. The summed E-state index contributed by atoms with van der Waals surface area (Å²) in [6.07, 6.45) is 2.95. The summed E-state index contributed by atoms with van der Waals surface area (Å²) in [5.74, 6) is -1.47. The van der Waals surface area contributed by atoms with Crippen molar-refractivity contribution >= 4 is 23.2 Å². The Bertz CT molecular complexity index is 580. The van der Waals surface area contributed by atoms with Gasteiger partial charge in [-0.1, -0.05) is 5.21 Å². The van der Waals surface area contributed by atoms with E-state index in [2.05, 4.69) is 20.6 Å². The molecule has 0 spiro atoms. The molecule has 9 heteroatoms. The van der Waals surface area contributed by atoms with Crippen molar-refractivity contribution < 1.29 is 14.7 Å². The first kappa shape index (κ1) is 13.1. The third kappa shape index (κ3) is 3.35. The van der Waals surface area contributed by atoms with Gasteiger partial charge in [0.05, 0.1) is 12.2 Å².